The minimum absolute atomic E-state index is 0.140. The zero-order chi connectivity index (χ0) is 15.9. The van der Waals surface area contributed by atoms with Gasteiger partial charge in [-0.2, -0.15) is 13.2 Å². The molecule has 3 atom stereocenters. The number of ether oxygens (including phenoxy) is 1. The van der Waals surface area contributed by atoms with Crippen molar-refractivity contribution in [1.82, 2.24) is 5.32 Å². The number of hydrogen-bond acceptors (Lipinski definition) is 5. The van der Waals surface area contributed by atoms with Gasteiger partial charge in [0.25, 0.3) is 0 Å². The first-order valence-corrected chi connectivity index (χ1v) is 6.54. The van der Waals surface area contributed by atoms with Crippen molar-refractivity contribution in [2.24, 2.45) is 17.8 Å². The van der Waals surface area contributed by atoms with E-state index in [1.165, 1.54) is 0 Å². The molecule has 0 spiro atoms. The topological polar surface area (TPSA) is 79.2 Å². The van der Waals surface area contributed by atoms with E-state index in [4.69, 9.17) is 5.41 Å². The van der Waals surface area contributed by atoms with Crippen LogP contribution in [0.15, 0.2) is 11.3 Å². The fourth-order valence-corrected chi connectivity index (χ4v) is 2.77. The van der Waals surface area contributed by atoms with E-state index in [2.05, 4.69) is 10.1 Å². The molecule has 8 heteroatoms. The third-order valence-electron chi connectivity index (χ3n) is 3.80. The van der Waals surface area contributed by atoms with Crippen LogP contribution < -0.4 is 5.32 Å². The van der Waals surface area contributed by atoms with Crippen molar-refractivity contribution in [3.8, 4) is 0 Å². The van der Waals surface area contributed by atoms with Gasteiger partial charge in [0.05, 0.1) is 12.3 Å². The molecule has 0 aromatic heterocycles. The SMILES string of the molecule is CCOC(=O)CNC1=C(C(=N)C(F)(F)F)C2C(C)C2C1=O. The second-order valence-corrected chi connectivity index (χ2v) is 5.09. The number of esters is 1. The van der Waals surface area contributed by atoms with E-state index in [-0.39, 0.29) is 23.8 Å². The molecule has 2 rings (SSSR count). The van der Waals surface area contributed by atoms with Crippen LogP contribution in [0.5, 0.6) is 0 Å². The van der Waals surface area contributed by atoms with Crippen LogP contribution in [-0.4, -0.2) is 36.8 Å². The first-order chi connectivity index (χ1) is 9.70. The fourth-order valence-electron chi connectivity index (χ4n) is 2.77. The van der Waals surface area contributed by atoms with Gasteiger partial charge in [-0.05, 0) is 12.8 Å². The zero-order valence-electron chi connectivity index (χ0n) is 11.5. The van der Waals surface area contributed by atoms with Crippen molar-refractivity contribution in [2.75, 3.05) is 13.2 Å². The molecule has 2 aliphatic carbocycles. The van der Waals surface area contributed by atoms with Crippen LogP contribution in [0.3, 0.4) is 0 Å². The lowest BCUT2D eigenvalue weighted by atomic mass is 10.0. The summed E-state index contributed by atoms with van der Waals surface area (Å²) in [5, 5.41) is 9.70. The van der Waals surface area contributed by atoms with Crippen LogP contribution in [0.4, 0.5) is 13.2 Å². The standard InChI is InChI=1S/C13H15F3N2O3/c1-3-21-6(19)4-18-10-9(12(17)13(14,15)16)7-5(2)8(7)11(10)20/h5,7-8,17-18H,3-4H2,1-2H3. The molecule has 1 fully saturated rings. The number of Topliss-reactive ketones (excluding diaryl/α,β-unsaturated/α-hetero) is 1. The summed E-state index contributed by atoms with van der Waals surface area (Å²) in [5.41, 5.74) is -2.10. The smallest absolute Gasteiger partial charge is 0.433 e. The van der Waals surface area contributed by atoms with E-state index in [1.54, 1.807) is 13.8 Å². The maximum absolute atomic E-state index is 12.8. The molecule has 0 heterocycles. The van der Waals surface area contributed by atoms with Gasteiger partial charge < -0.3 is 10.1 Å². The molecule has 0 radical (unpaired) electrons. The summed E-state index contributed by atoms with van der Waals surface area (Å²) >= 11 is 0. The van der Waals surface area contributed by atoms with Gasteiger partial charge in [0.2, 0.25) is 0 Å². The molecule has 0 bridgehead atoms. The molecule has 1 saturated carbocycles. The number of ketones is 1. The molecule has 116 valence electrons. The van der Waals surface area contributed by atoms with E-state index in [1.807, 2.05) is 0 Å². The number of carbonyl (C=O) groups is 2. The Morgan fingerprint density at radius 1 is 1.38 bits per heavy atom. The first kappa shape index (κ1) is 15.5. The molecule has 0 saturated heterocycles. The molecule has 0 aromatic rings. The van der Waals surface area contributed by atoms with E-state index in [9.17, 15) is 22.8 Å². The van der Waals surface area contributed by atoms with Crippen LogP contribution in [0, 0.1) is 23.2 Å². The average molecular weight is 304 g/mol. The lowest BCUT2D eigenvalue weighted by Crippen LogP contribution is -2.32. The van der Waals surface area contributed by atoms with Gasteiger partial charge in [0, 0.05) is 17.4 Å². The van der Waals surface area contributed by atoms with Crippen molar-refractivity contribution in [2.45, 2.75) is 20.0 Å². The number of alkyl halides is 3. The summed E-state index contributed by atoms with van der Waals surface area (Å²) in [5.74, 6) is -2.39. The van der Waals surface area contributed by atoms with Gasteiger partial charge >= 0.3 is 12.1 Å². The molecule has 2 N–H and O–H groups in total. The van der Waals surface area contributed by atoms with Crippen LogP contribution >= 0.6 is 0 Å². The summed E-state index contributed by atoms with van der Waals surface area (Å²) in [7, 11) is 0. The Balaban J connectivity index is 2.23. The molecular formula is C13H15F3N2O3. The van der Waals surface area contributed by atoms with Crippen molar-refractivity contribution in [1.29, 1.82) is 5.41 Å². The predicted molar refractivity (Wildman–Crippen MR) is 66.6 cm³/mol. The van der Waals surface area contributed by atoms with E-state index in [0.29, 0.717) is 0 Å². The second-order valence-electron chi connectivity index (χ2n) is 5.09. The zero-order valence-corrected chi connectivity index (χ0v) is 11.5. The van der Waals surface area contributed by atoms with Crippen molar-refractivity contribution in [3.63, 3.8) is 0 Å². The van der Waals surface area contributed by atoms with Gasteiger partial charge in [-0.15, -0.1) is 0 Å². The number of carbonyl (C=O) groups excluding carboxylic acids is 2. The third kappa shape index (κ3) is 2.66. The van der Waals surface area contributed by atoms with Crippen molar-refractivity contribution < 1.29 is 27.5 Å². The van der Waals surface area contributed by atoms with Crippen molar-refractivity contribution >= 4 is 17.5 Å². The van der Waals surface area contributed by atoms with Crippen LogP contribution in [0.25, 0.3) is 0 Å². The minimum Gasteiger partial charge on any atom is -0.465 e. The average Bonchev–Trinajstić information content (AvgIpc) is 2.92. The number of allylic oxidation sites excluding steroid dienone is 2. The Morgan fingerprint density at radius 3 is 2.52 bits per heavy atom. The third-order valence-corrected chi connectivity index (χ3v) is 3.80. The number of fused-ring (bicyclic) bond motifs is 1. The van der Waals surface area contributed by atoms with Crippen LogP contribution in [0.2, 0.25) is 0 Å². The van der Waals surface area contributed by atoms with Gasteiger partial charge in [-0.25, -0.2) is 0 Å². The maximum Gasteiger partial charge on any atom is 0.433 e. The molecule has 5 nitrogen and oxygen atoms in total. The van der Waals surface area contributed by atoms with Crippen LogP contribution in [0.1, 0.15) is 13.8 Å². The summed E-state index contributed by atoms with van der Waals surface area (Å²) in [6.45, 7) is 3.02. The summed E-state index contributed by atoms with van der Waals surface area (Å²) in [6, 6.07) is 0. The summed E-state index contributed by atoms with van der Waals surface area (Å²) in [6.07, 6.45) is -4.82. The molecule has 0 amide bonds. The largest absolute Gasteiger partial charge is 0.465 e. The molecule has 0 aromatic carbocycles. The molecular weight excluding hydrogens is 289 g/mol. The first-order valence-electron chi connectivity index (χ1n) is 6.54. The van der Waals surface area contributed by atoms with Crippen LogP contribution in [-0.2, 0) is 14.3 Å². The summed E-state index contributed by atoms with van der Waals surface area (Å²) < 4.78 is 42.9. The number of halogens is 3. The molecule has 2 aliphatic rings. The van der Waals surface area contributed by atoms with Gasteiger partial charge in [0.1, 0.15) is 12.3 Å². The van der Waals surface area contributed by atoms with Crippen molar-refractivity contribution in [3.05, 3.63) is 11.3 Å². The highest BCUT2D eigenvalue weighted by molar-refractivity contribution is 6.16. The lowest BCUT2D eigenvalue weighted by Gasteiger charge is -2.15. The second kappa shape index (κ2) is 5.16. The predicted octanol–water partition coefficient (Wildman–Crippen LogP) is 1.44. The monoisotopic (exact) mass is 304 g/mol. The lowest BCUT2D eigenvalue weighted by molar-refractivity contribution is -0.141. The molecule has 21 heavy (non-hydrogen) atoms. The number of rotatable bonds is 5. The Morgan fingerprint density at radius 2 is 2.00 bits per heavy atom. The highest BCUT2D eigenvalue weighted by Crippen LogP contribution is 2.58. The number of hydrogen-bond donors (Lipinski definition) is 2. The Labute approximate surface area is 119 Å². The molecule has 3 unspecified atom stereocenters. The highest BCUT2D eigenvalue weighted by atomic mass is 19.4. The normalized spacial score (nSPS) is 27.5. The quantitative estimate of drug-likeness (QED) is 0.595. The van der Waals surface area contributed by atoms with Gasteiger partial charge in [-0.3, -0.25) is 15.0 Å². The maximum atomic E-state index is 12.8. The summed E-state index contributed by atoms with van der Waals surface area (Å²) in [4.78, 5) is 23.3. The van der Waals surface area contributed by atoms with E-state index < -0.39 is 42.0 Å². The van der Waals surface area contributed by atoms with E-state index >= 15 is 0 Å². The van der Waals surface area contributed by atoms with E-state index in [0.717, 1.165) is 0 Å². The van der Waals surface area contributed by atoms with Gasteiger partial charge in [-0.1, -0.05) is 6.92 Å². The van der Waals surface area contributed by atoms with Gasteiger partial charge in [0.15, 0.2) is 5.78 Å². The Kier molecular flexibility index (Phi) is 3.81. The Bertz CT molecular complexity index is 539. The molecule has 0 aliphatic heterocycles. The minimum atomic E-state index is -4.82. The Hall–Kier alpha value is -1.86. The fraction of sp³-hybridized carbons (Fsp3) is 0.615. The number of nitrogens with one attached hydrogen (secondary N) is 2. The highest BCUT2D eigenvalue weighted by Gasteiger charge is 2.63.